The summed E-state index contributed by atoms with van der Waals surface area (Å²) in [5, 5.41) is 17.5. The minimum absolute atomic E-state index is 0.0368. The van der Waals surface area contributed by atoms with Gasteiger partial charge in [-0.25, -0.2) is 9.78 Å². The van der Waals surface area contributed by atoms with Crippen molar-refractivity contribution in [2.24, 2.45) is 0 Å². The van der Waals surface area contributed by atoms with Gasteiger partial charge >= 0.3 is 5.97 Å². The Morgan fingerprint density at radius 3 is 2.81 bits per heavy atom. The lowest BCUT2D eigenvalue weighted by atomic mass is 10.2. The summed E-state index contributed by atoms with van der Waals surface area (Å²) in [4.78, 5) is 15.8. The summed E-state index contributed by atoms with van der Waals surface area (Å²) in [6, 6.07) is 8.44. The number of carbonyl (C=O) groups is 1. The summed E-state index contributed by atoms with van der Waals surface area (Å²) < 4.78 is 5.71. The summed E-state index contributed by atoms with van der Waals surface area (Å²) >= 11 is 13.0. The molecule has 2 aromatic heterocycles. The zero-order valence-corrected chi connectivity index (χ0v) is 15.8. The maximum absolute atomic E-state index is 11.5. The zero-order chi connectivity index (χ0) is 18.7. The van der Waals surface area contributed by atoms with Gasteiger partial charge in [-0.1, -0.05) is 30.1 Å². The molecule has 26 heavy (non-hydrogen) atoms. The van der Waals surface area contributed by atoms with Crippen LogP contribution in [-0.2, 0) is 11.2 Å². The maximum atomic E-state index is 11.5. The van der Waals surface area contributed by atoms with Gasteiger partial charge in [-0.2, -0.15) is 0 Å². The van der Waals surface area contributed by atoms with Crippen molar-refractivity contribution in [1.82, 2.24) is 15.2 Å². The van der Waals surface area contributed by atoms with Crippen LogP contribution in [0.1, 0.15) is 18.5 Å². The summed E-state index contributed by atoms with van der Waals surface area (Å²) in [6.45, 7) is 1.93. The van der Waals surface area contributed by atoms with Crippen LogP contribution in [0.5, 0.6) is 0 Å². The molecular formula is C17H13Cl2N3O3S. The molecule has 0 atom stereocenters. The summed E-state index contributed by atoms with van der Waals surface area (Å²) in [5.41, 5.74) is 0.668. The van der Waals surface area contributed by atoms with E-state index in [1.54, 1.807) is 30.3 Å². The molecule has 0 aliphatic carbocycles. The van der Waals surface area contributed by atoms with Crippen LogP contribution < -0.4 is 0 Å². The molecule has 3 aromatic rings. The zero-order valence-electron chi connectivity index (χ0n) is 13.5. The molecule has 9 heteroatoms. The van der Waals surface area contributed by atoms with Crippen LogP contribution in [0.15, 0.2) is 44.8 Å². The van der Waals surface area contributed by atoms with Gasteiger partial charge in [-0.05, 0) is 42.1 Å². The Bertz CT molecular complexity index is 981. The van der Waals surface area contributed by atoms with Crippen molar-refractivity contribution in [1.29, 1.82) is 0 Å². The van der Waals surface area contributed by atoms with E-state index in [1.165, 1.54) is 6.08 Å². The SMILES string of the molecule is CCc1nc(S/C(=C/c2ccc(-c3ccc(Cl)cc3Cl)o2)C(=O)O)n[nH]1. The van der Waals surface area contributed by atoms with Gasteiger partial charge in [0.05, 0.1) is 5.02 Å². The van der Waals surface area contributed by atoms with Crippen LogP contribution in [0.4, 0.5) is 0 Å². The standard InChI is InChI=1S/C17H13Cl2N3O3S/c1-2-15-20-17(22-21-15)26-14(16(23)24)8-10-4-6-13(25-10)11-5-3-9(18)7-12(11)19/h3-8H,2H2,1H3,(H,23,24)(H,20,21,22)/b14-8+. The Kier molecular flexibility index (Phi) is 5.70. The van der Waals surface area contributed by atoms with Gasteiger partial charge in [-0.3, -0.25) is 5.10 Å². The molecule has 0 amide bonds. The maximum Gasteiger partial charge on any atom is 0.342 e. The second-order valence-corrected chi connectivity index (χ2v) is 7.01. The van der Waals surface area contributed by atoms with Crippen molar-refractivity contribution in [3.63, 3.8) is 0 Å². The number of carboxylic acids is 1. The summed E-state index contributed by atoms with van der Waals surface area (Å²) in [7, 11) is 0. The van der Waals surface area contributed by atoms with Crippen LogP contribution in [-0.4, -0.2) is 26.3 Å². The molecule has 0 fully saturated rings. The Hall–Kier alpha value is -2.22. The monoisotopic (exact) mass is 409 g/mol. The number of hydrogen-bond acceptors (Lipinski definition) is 5. The molecule has 1 aromatic carbocycles. The van der Waals surface area contributed by atoms with Gasteiger partial charge in [0.25, 0.3) is 0 Å². The van der Waals surface area contributed by atoms with E-state index in [0.29, 0.717) is 44.5 Å². The average molecular weight is 410 g/mol. The highest BCUT2D eigenvalue weighted by Gasteiger charge is 2.15. The Morgan fingerprint density at radius 1 is 1.35 bits per heavy atom. The molecular weight excluding hydrogens is 397 g/mol. The molecule has 0 radical (unpaired) electrons. The second kappa shape index (κ2) is 7.99. The Labute approximate surface area is 163 Å². The van der Waals surface area contributed by atoms with E-state index in [4.69, 9.17) is 27.6 Å². The minimum Gasteiger partial charge on any atom is -0.477 e. The Morgan fingerprint density at radius 2 is 2.15 bits per heavy atom. The quantitative estimate of drug-likeness (QED) is 0.431. The molecule has 0 aliphatic rings. The molecule has 0 spiro atoms. The van der Waals surface area contributed by atoms with Gasteiger partial charge in [-0.15, -0.1) is 5.10 Å². The molecule has 0 aliphatic heterocycles. The van der Waals surface area contributed by atoms with E-state index in [-0.39, 0.29) is 4.91 Å². The summed E-state index contributed by atoms with van der Waals surface area (Å²) in [5.74, 6) is 0.483. The highest BCUT2D eigenvalue weighted by atomic mass is 35.5. The first-order valence-corrected chi connectivity index (χ1v) is 9.13. The van der Waals surface area contributed by atoms with Crippen molar-refractivity contribution in [3.05, 3.63) is 56.9 Å². The topological polar surface area (TPSA) is 92.0 Å². The van der Waals surface area contributed by atoms with Crippen molar-refractivity contribution < 1.29 is 14.3 Å². The number of aromatic amines is 1. The highest BCUT2D eigenvalue weighted by Crippen LogP contribution is 2.33. The fourth-order valence-electron chi connectivity index (χ4n) is 2.11. The number of aryl methyl sites for hydroxylation is 1. The van der Waals surface area contributed by atoms with Crippen LogP contribution in [0.3, 0.4) is 0 Å². The molecule has 0 unspecified atom stereocenters. The van der Waals surface area contributed by atoms with Crippen LogP contribution in [0.2, 0.25) is 10.0 Å². The van der Waals surface area contributed by atoms with Crippen LogP contribution in [0.25, 0.3) is 17.4 Å². The Balaban J connectivity index is 1.86. The number of carboxylic acid groups (broad SMARTS) is 1. The number of aromatic nitrogens is 3. The fourth-order valence-corrected chi connectivity index (χ4v) is 3.32. The predicted octanol–water partition coefficient (Wildman–Crippen LogP) is 5.15. The van der Waals surface area contributed by atoms with E-state index >= 15 is 0 Å². The van der Waals surface area contributed by atoms with Crippen molar-refractivity contribution in [2.75, 3.05) is 0 Å². The number of nitrogens with one attached hydrogen (secondary N) is 1. The third-order valence-corrected chi connectivity index (χ3v) is 4.78. The molecule has 0 bridgehead atoms. The third-order valence-electron chi connectivity index (χ3n) is 3.35. The van der Waals surface area contributed by atoms with Crippen LogP contribution in [0, 0.1) is 0 Å². The second-order valence-electron chi connectivity index (χ2n) is 5.16. The molecule has 2 heterocycles. The van der Waals surface area contributed by atoms with Crippen molar-refractivity contribution >= 4 is 47.0 Å². The first kappa shape index (κ1) is 18.6. The first-order chi connectivity index (χ1) is 12.5. The van der Waals surface area contributed by atoms with E-state index in [0.717, 1.165) is 11.8 Å². The minimum atomic E-state index is -1.10. The molecule has 3 rings (SSSR count). The predicted molar refractivity (Wildman–Crippen MR) is 101 cm³/mol. The van der Waals surface area contributed by atoms with E-state index in [1.807, 2.05) is 6.92 Å². The number of furan rings is 1. The van der Waals surface area contributed by atoms with Crippen LogP contribution >= 0.6 is 35.0 Å². The molecule has 0 saturated heterocycles. The van der Waals surface area contributed by atoms with Gasteiger partial charge in [0.2, 0.25) is 5.16 Å². The van der Waals surface area contributed by atoms with Gasteiger partial charge in [0.15, 0.2) is 0 Å². The molecule has 6 nitrogen and oxygen atoms in total. The normalized spacial score (nSPS) is 11.7. The molecule has 2 N–H and O–H groups in total. The van der Waals surface area contributed by atoms with Gasteiger partial charge in [0.1, 0.15) is 22.3 Å². The van der Waals surface area contributed by atoms with E-state index < -0.39 is 5.97 Å². The van der Waals surface area contributed by atoms with E-state index in [9.17, 15) is 9.90 Å². The number of rotatable bonds is 6. The average Bonchev–Trinajstić information content (AvgIpc) is 3.23. The first-order valence-electron chi connectivity index (χ1n) is 7.55. The number of nitrogens with zero attached hydrogens (tertiary/aromatic N) is 2. The number of halogens is 2. The summed E-state index contributed by atoms with van der Waals surface area (Å²) in [6.07, 6.45) is 2.10. The fraction of sp³-hybridized carbons (Fsp3) is 0.118. The number of aliphatic carboxylic acids is 1. The largest absolute Gasteiger partial charge is 0.477 e. The number of thioether (sulfide) groups is 1. The lowest BCUT2D eigenvalue weighted by Crippen LogP contribution is -1.97. The lowest BCUT2D eigenvalue weighted by molar-refractivity contribution is -0.131. The van der Waals surface area contributed by atoms with Crippen molar-refractivity contribution in [2.45, 2.75) is 18.5 Å². The lowest BCUT2D eigenvalue weighted by Gasteiger charge is -2.01. The van der Waals surface area contributed by atoms with Crippen molar-refractivity contribution in [3.8, 4) is 11.3 Å². The molecule has 134 valence electrons. The number of hydrogen-bond donors (Lipinski definition) is 2. The van der Waals surface area contributed by atoms with Gasteiger partial charge in [0, 0.05) is 23.1 Å². The van der Waals surface area contributed by atoms with Gasteiger partial charge < -0.3 is 9.52 Å². The highest BCUT2D eigenvalue weighted by molar-refractivity contribution is 8.04. The molecule has 0 saturated carbocycles. The smallest absolute Gasteiger partial charge is 0.342 e. The number of benzene rings is 1. The number of H-pyrrole nitrogens is 1. The third kappa shape index (κ3) is 4.30. The van der Waals surface area contributed by atoms with E-state index in [2.05, 4.69) is 15.2 Å².